The van der Waals surface area contributed by atoms with Gasteiger partial charge in [-0.05, 0) is 46.0 Å². The summed E-state index contributed by atoms with van der Waals surface area (Å²) in [5.41, 5.74) is 2.81. The maximum absolute atomic E-state index is 12.3. The van der Waals surface area contributed by atoms with Crippen LogP contribution in [-0.4, -0.2) is 21.3 Å². The molecule has 0 aliphatic rings. The largest absolute Gasteiger partial charge is 0.347 e. The standard InChI is InChI=1S/C19H27IN2O/c1-7-10-11-13-16(6)21-19(23)17(20)14-22(9-3)18(12-8-2)15(4)5/h7-13,17H,3,6,14H2,1-2,4-5H3,(H,21,23)/b10-7-,12-8-,13-11-/t17-/m0/s1. The number of halogens is 1. The van der Waals surface area contributed by atoms with E-state index in [0.29, 0.717) is 12.2 Å². The fraction of sp³-hybridized carbons (Fsp3) is 0.316. The summed E-state index contributed by atoms with van der Waals surface area (Å²) < 4.78 is -0.225. The van der Waals surface area contributed by atoms with Gasteiger partial charge in [-0.15, -0.1) is 0 Å². The predicted molar refractivity (Wildman–Crippen MR) is 109 cm³/mol. The SMILES string of the molecule is C=CN(C[C@H](I)C(=O)NC(=C)/C=C\C=C/C)C(/C=C\C)=C(C)C. The summed E-state index contributed by atoms with van der Waals surface area (Å²) in [7, 11) is 0. The van der Waals surface area contributed by atoms with Crippen molar-refractivity contribution in [2.75, 3.05) is 6.54 Å². The third-order valence-electron chi connectivity index (χ3n) is 2.89. The van der Waals surface area contributed by atoms with E-state index in [9.17, 15) is 4.79 Å². The molecule has 1 amide bonds. The van der Waals surface area contributed by atoms with Gasteiger partial charge < -0.3 is 10.2 Å². The van der Waals surface area contributed by atoms with E-state index in [1.54, 1.807) is 12.3 Å². The summed E-state index contributed by atoms with van der Waals surface area (Å²) in [6, 6.07) is 0. The van der Waals surface area contributed by atoms with Crippen LogP contribution in [0.3, 0.4) is 0 Å². The molecule has 126 valence electrons. The molecule has 23 heavy (non-hydrogen) atoms. The Balaban J connectivity index is 4.86. The molecule has 0 aromatic heterocycles. The zero-order valence-electron chi connectivity index (χ0n) is 14.5. The lowest BCUT2D eigenvalue weighted by Gasteiger charge is -2.25. The van der Waals surface area contributed by atoms with Crippen molar-refractivity contribution in [1.82, 2.24) is 10.2 Å². The van der Waals surface area contributed by atoms with Crippen molar-refractivity contribution in [3.8, 4) is 0 Å². The van der Waals surface area contributed by atoms with Crippen LogP contribution >= 0.6 is 22.6 Å². The van der Waals surface area contributed by atoms with Crippen LogP contribution in [0.25, 0.3) is 0 Å². The van der Waals surface area contributed by atoms with Gasteiger partial charge in [-0.1, -0.05) is 65.6 Å². The molecule has 0 aliphatic heterocycles. The first-order valence-electron chi connectivity index (χ1n) is 7.49. The van der Waals surface area contributed by atoms with E-state index in [1.165, 1.54) is 5.57 Å². The number of hydrogen-bond donors (Lipinski definition) is 1. The first-order valence-corrected chi connectivity index (χ1v) is 8.74. The monoisotopic (exact) mass is 426 g/mol. The molecule has 0 saturated heterocycles. The van der Waals surface area contributed by atoms with Crippen molar-refractivity contribution in [3.05, 3.63) is 72.8 Å². The maximum Gasteiger partial charge on any atom is 0.239 e. The van der Waals surface area contributed by atoms with Gasteiger partial charge in [0, 0.05) is 17.9 Å². The van der Waals surface area contributed by atoms with E-state index in [2.05, 4.69) is 41.1 Å². The first-order chi connectivity index (χ1) is 10.9. The molecule has 0 rings (SSSR count). The Labute approximate surface area is 154 Å². The average molecular weight is 426 g/mol. The topological polar surface area (TPSA) is 32.3 Å². The Kier molecular flexibility index (Phi) is 11.1. The molecular formula is C19H27IN2O. The molecule has 0 aromatic rings. The Morgan fingerprint density at radius 3 is 2.35 bits per heavy atom. The Morgan fingerprint density at radius 2 is 1.87 bits per heavy atom. The minimum absolute atomic E-state index is 0.0684. The van der Waals surface area contributed by atoms with Gasteiger partial charge in [0.1, 0.15) is 3.92 Å². The molecular weight excluding hydrogens is 399 g/mol. The summed E-state index contributed by atoms with van der Waals surface area (Å²) in [4.78, 5) is 14.3. The smallest absolute Gasteiger partial charge is 0.239 e. The van der Waals surface area contributed by atoms with Gasteiger partial charge in [0.25, 0.3) is 0 Å². The number of alkyl halides is 1. The number of nitrogens with zero attached hydrogens (tertiary/aromatic N) is 1. The molecule has 0 aromatic carbocycles. The lowest BCUT2D eigenvalue weighted by atomic mass is 10.2. The van der Waals surface area contributed by atoms with Crippen molar-refractivity contribution in [2.45, 2.75) is 31.6 Å². The summed E-state index contributed by atoms with van der Waals surface area (Å²) in [5, 5.41) is 2.81. The molecule has 0 saturated carbocycles. The second kappa shape index (κ2) is 11.9. The summed E-state index contributed by atoms with van der Waals surface area (Å²) in [6.07, 6.45) is 13.2. The van der Waals surface area contributed by atoms with Crippen molar-refractivity contribution in [3.63, 3.8) is 0 Å². The molecule has 1 N–H and O–H groups in total. The highest BCUT2D eigenvalue weighted by atomic mass is 127. The van der Waals surface area contributed by atoms with E-state index >= 15 is 0 Å². The van der Waals surface area contributed by atoms with Crippen LogP contribution in [0, 0.1) is 0 Å². The summed E-state index contributed by atoms with van der Waals surface area (Å²) in [6.45, 7) is 16.2. The fourth-order valence-corrected chi connectivity index (χ4v) is 2.38. The van der Waals surface area contributed by atoms with Gasteiger partial charge >= 0.3 is 0 Å². The highest BCUT2D eigenvalue weighted by Gasteiger charge is 2.18. The molecule has 0 heterocycles. The van der Waals surface area contributed by atoms with Crippen LogP contribution in [0.5, 0.6) is 0 Å². The highest BCUT2D eigenvalue weighted by Crippen LogP contribution is 2.16. The van der Waals surface area contributed by atoms with E-state index in [-0.39, 0.29) is 9.83 Å². The van der Waals surface area contributed by atoms with Crippen molar-refractivity contribution in [1.29, 1.82) is 0 Å². The van der Waals surface area contributed by atoms with Crippen LogP contribution in [0.2, 0.25) is 0 Å². The van der Waals surface area contributed by atoms with Gasteiger partial charge in [0.05, 0.1) is 0 Å². The van der Waals surface area contributed by atoms with Crippen molar-refractivity contribution in [2.24, 2.45) is 0 Å². The molecule has 0 radical (unpaired) electrons. The number of rotatable bonds is 9. The number of amides is 1. The van der Waals surface area contributed by atoms with Crippen molar-refractivity contribution >= 4 is 28.5 Å². The molecule has 4 heteroatoms. The lowest BCUT2D eigenvalue weighted by molar-refractivity contribution is -0.119. The van der Waals surface area contributed by atoms with Crippen LogP contribution in [0.4, 0.5) is 0 Å². The number of carbonyl (C=O) groups excluding carboxylic acids is 1. The third kappa shape index (κ3) is 8.59. The van der Waals surface area contributed by atoms with Crippen LogP contribution in [0.1, 0.15) is 27.7 Å². The molecule has 0 unspecified atom stereocenters. The second-order valence-corrected chi connectivity index (χ2v) is 6.59. The van der Waals surface area contributed by atoms with E-state index < -0.39 is 0 Å². The number of carbonyl (C=O) groups is 1. The van der Waals surface area contributed by atoms with Gasteiger partial charge in [0.15, 0.2) is 0 Å². The highest BCUT2D eigenvalue weighted by molar-refractivity contribution is 14.1. The van der Waals surface area contributed by atoms with E-state index in [4.69, 9.17) is 0 Å². The molecule has 1 atom stereocenters. The third-order valence-corrected chi connectivity index (χ3v) is 3.85. The van der Waals surface area contributed by atoms with Gasteiger partial charge in [-0.25, -0.2) is 0 Å². The number of nitrogens with one attached hydrogen (secondary N) is 1. The van der Waals surface area contributed by atoms with E-state index in [0.717, 1.165) is 5.70 Å². The number of hydrogen-bond acceptors (Lipinski definition) is 2. The minimum atomic E-state index is -0.225. The summed E-state index contributed by atoms with van der Waals surface area (Å²) >= 11 is 2.14. The lowest BCUT2D eigenvalue weighted by Crippen LogP contribution is -2.36. The van der Waals surface area contributed by atoms with Crippen LogP contribution < -0.4 is 5.32 Å². The number of allylic oxidation sites excluding steroid dienone is 7. The molecule has 0 spiro atoms. The molecule has 0 bridgehead atoms. The second-order valence-electron chi connectivity index (χ2n) is 5.09. The normalized spacial score (nSPS) is 12.6. The van der Waals surface area contributed by atoms with Gasteiger partial charge in [0.2, 0.25) is 5.91 Å². The Hall–Kier alpha value is -1.56. The fourth-order valence-electron chi connectivity index (χ4n) is 1.80. The Morgan fingerprint density at radius 1 is 1.22 bits per heavy atom. The molecule has 0 aliphatic carbocycles. The maximum atomic E-state index is 12.3. The van der Waals surface area contributed by atoms with Crippen LogP contribution in [0.15, 0.2) is 72.8 Å². The molecule has 3 nitrogen and oxygen atoms in total. The minimum Gasteiger partial charge on any atom is -0.347 e. The van der Waals surface area contributed by atoms with Crippen molar-refractivity contribution < 1.29 is 4.79 Å². The summed E-state index contributed by atoms with van der Waals surface area (Å²) in [5.74, 6) is -0.0684. The first kappa shape index (κ1) is 21.4. The zero-order chi connectivity index (χ0) is 17.8. The van der Waals surface area contributed by atoms with Gasteiger partial charge in [-0.3, -0.25) is 4.79 Å². The van der Waals surface area contributed by atoms with Crippen LogP contribution in [-0.2, 0) is 4.79 Å². The zero-order valence-corrected chi connectivity index (χ0v) is 16.6. The Bertz CT molecular complexity index is 538. The van der Waals surface area contributed by atoms with E-state index in [1.807, 2.05) is 63.0 Å². The quantitative estimate of drug-likeness (QED) is 0.324. The predicted octanol–water partition coefficient (Wildman–Crippen LogP) is 4.87. The average Bonchev–Trinajstić information content (AvgIpc) is 2.50. The molecule has 0 fully saturated rings. The van der Waals surface area contributed by atoms with Gasteiger partial charge in [-0.2, -0.15) is 0 Å².